The van der Waals surface area contributed by atoms with Crippen molar-refractivity contribution in [3.63, 3.8) is 0 Å². The predicted molar refractivity (Wildman–Crippen MR) is 59.3 cm³/mol. The number of aromatic hydroxyl groups is 1. The third-order valence-corrected chi connectivity index (χ3v) is 2.10. The summed E-state index contributed by atoms with van der Waals surface area (Å²) < 4.78 is 10.3. The molecular formula is C12H18O3. The number of ether oxygens (including phenoxy) is 2. The van der Waals surface area contributed by atoms with Gasteiger partial charge in [0.05, 0.1) is 0 Å². The Morgan fingerprint density at radius 2 is 1.93 bits per heavy atom. The van der Waals surface area contributed by atoms with Crippen molar-refractivity contribution in [1.29, 1.82) is 0 Å². The molecule has 0 aliphatic heterocycles. The Labute approximate surface area is 90.6 Å². The molecule has 0 saturated heterocycles. The number of phenolic OH excluding ortho intramolecular Hbond substituents is 1. The highest BCUT2D eigenvalue weighted by Crippen LogP contribution is 2.33. The fourth-order valence-corrected chi connectivity index (χ4v) is 1.35. The Morgan fingerprint density at radius 3 is 2.47 bits per heavy atom. The lowest BCUT2D eigenvalue weighted by Crippen LogP contribution is -2.14. The smallest absolute Gasteiger partial charge is 0.188 e. The average Bonchev–Trinajstić information content (AvgIpc) is 2.14. The Balaban J connectivity index is 3.04. The Hall–Kier alpha value is -1.22. The zero-order chi connectivity index (χ0) is 11.5. The highest BCUT2D eigenvalue weighted by molar-refractivity contribution is 5.43. The van der Waals surface area contributed by atoms with Crippen LogP contribution in [-0.4, -0.2) is 19.0 Å². The number of rotatable bonds is 3. The van der Waals surface area contributed by atoms with E-state index in [-0.39, 0.29) is 18.0 Å². The van der Waals surface area contributed by atoms with Crippen LogP contribution in [0, 0.1) is 0 Å². The zero-order valence-electron chi connectivity index (χ0n) is 9.70. The maximum Gasteiger partial charge on any atom is 0.188 e. The Kier molecular flexibility index (Phi) is 3.58. The lowest BCUT2D eigenvalue weighted by atomic mass is 9.86. The van der Waals surface area contributed by atoms with Crippen LogP contribution < -0.4 is 4.74 Å². The third kappa shape index (κ3) is 3.13. The molecule has 0 spiro atoms. The van der Waals surface area contributed by atoms with Gasteiger partial charge in [-0.2, -0.15) is 0 Å². The summed E-state index contributed by atoms with van der Waals surface area (Å²) in [4.78, 5) is 0. The lowest BCUT2D eigenvalue weighted by Gasteiger charge is -2.22. The molecule has 1 aromatic carbocycles. The molecule has 0 unspecified atom stereocenters. The summed E-state index contributed by atoms with van der Waals surface area (Å²) in [5.74, 6) is 1.01. The monoisotopic (exact) mass is 210 g/mol. The van der Waals surface area contributed by atoms with Crippen molar-refractivity contribution in [2.24, 2.45) is 0 Å². The minimum absolute atomic E-state index is 0.0676. The van der Waals surface area contributed by atoms with Crippen molar-refractivity contribution in [2.75, 3.05) is 13.9 Å². The van der Waals surface area contributed by atoms with Gasteiger partial charge >= 0.3 is 0 Å². The molecule has 0 amide bonds. The van der Waals surface area contributed by atoms with Crippen LogP contribution in [0.25, 0.3) is 0 Å². The first kappa shape index (κ1) is 11.9. The van der Waals surface area contributed by atoms with Gasteiger partial charge in [0.2, 0.25) is 0 Å². The second kappa shape index (κ2) is 4.53. The summed E-state index contributed by atoms with van der Waals surface area (Å²) in [6.45, 7) is 6.43. The van der Waals surface area contributed by atoms with Gasteiger partial charge in [-0.3, -0.25) is 0 Å². The highest BCUT2D eigenvalue weighted by atomic mass is 16.7. The van der Waals surface area contributed by atoms with Crippen molar-refractivity contribution in [1.82, 2.24) is 0 Å². The van der Waals surface area contributed by atoms with E-state index in [4.69, 9.17) is 9.47 Å². The quantitative estimate of drug-likeness (QED) is 0.779. The molecule has 84 valence electrons. The summed E-state index contributed by atoms with van der Waals surface area (Å²) in [5, 5.41) is 9.44. The van der Waals surface area contributed by atoms with E-state index in [1.807, 2.05) is 0 Å². The van der Waals surface area contributed by atoms with Crippen LogP contribution in [0.15, 0.2) is 18.2 Å². The largest absolute Gasteiger partial charge is 0.508 e. The first-order valence-electron chi connectivity index (χ1n) is 4.90. The minimum atomic E-state index is -0.0676. The summed E-state index contributed by atoms with van der Waals surface area (Å²) in [6, 6.07) is 5.10. The minimum Gasteiger partial charge on any atom is -0.508 e. The van der Waals surface area contributed by atoms with Gasteiger partial charge in [-0.25, -0.2) is 0 Å². The molecule has 0 aliphatic carbocycles. The van der Waals surface area contributed by atoms with Gasteiger partial charge in [0.1, 0.15) is 11.5 Å². The van der Waals surface area contributed by atoms with E-state index in [0.29, 0.717) is 0 Å². The van der Waals surface area contributed by atoms with Crippen molar-refractivity contribution in [3.05, 3.63) is 23.8 Å². The van der Waals surface area contributed by atoms with Crippen LogP contribution in [-0.2, 0) is 10.2 Å². The van der Waals surface area contributed by atoms with E-state index in [2.05, 4.69) is 20.8 Å². The van der Waals surface area contributed by atoms with Crippen molar-refractivity contribution < 1.29 is 14.6 Å². The van der Waals surface area contributed by atoms with E-state index in [0.717, 1.165) is 11.3 Å². The van der Waals surface area contributed by atoms with E-state index < -0.39 is 0 Å². The zero-order valence-corrected chi connectivity index (χ0v) is 9.70. The van der Waals surface area contributed by atoms with E-state index in [1.54, 1.807) is 25.3 Å². The van der Waals surface area contributed by atoms with Crippen molar-refractivity contribution in [3.8, 4) is 11.5 Å². The number of hydrogen-bond acceptors (Lipinski definition) is 3. The van der Waals surface area contributed by atoms with Crippen LogP contribution >= 0.6 is 0 Å². The van der Waals surface area contributed by atoms with Crippen molar-refractivity contribution >= 4 is 0 Å². The van der Waals surface area contributed by atoms with Crippen molar-refractivity contribution in [2.45, 2.75) is 26.2 Å². The highest BCUT2D eigenvalue weighted by Gasteiger charge is 2.19. The van der Waals surface area contributed by atoms with Gasteiger partial charge in [-0.05, 0) is 23.6 Å². The topological polar surface area (TPSA) is 38.7 Å². The van der Waals surface area contributed by atoms with Gasteiger partial charge in [0.15, 0.2) is 6.79 Å². The average molecular weight is 210 g/mol. The molecule has 1 N–H and O–H groups in total. The molecule has 0 atom stereocenters. The molecule has 0 aromatic heterocycles. The molecule has 3 nitrogen and oxygen atoms in total. The molecule has 0 fully saturated rings. The first-order chi connectivity index (χ1) is 6.95. The molecule has 1 rings (SSSR count). The first-order valence-corrected chi connectivity index (χ1v) is 4.90. The summed E-state index contributed by atoms with van der Waals surface area (Å²) >= 11 is 0. The molecular weight excluding hydrogens is 192 g/mol. The maximum absolute atomic E-state index is 9.44. The van der Waals surface area contributed by atoms with Crippen LogP contribution in [0.5, 0.6) is 11.5 Å². The predicted octanol–water partition coefficient (Wildman–Crippen LogP) is 2.67. The molecule has 0 bridgehead atoms. The number of methoxy groups -OCH3 is 1. The fraction of sp³-hybridized carbons (Fsp3) is 0.500. The fourth-order valence-electron chi connectivity index (χ4n) is 1.35. The number of benzene rings is 1. The Morgan fingerprint density at radius 1 is 1.27 bits per heavy atom. The van der Waals surface area contributed by atoms with Gasteiger partial charge in [-0.15, -0.1) is 0 Å². The molecule has 1 aromatic rings. The normalized spacial score (nSPS) is 11.5. The molecule has 0 aliphatic rings. The standard InChI is InChI=1S/C12H18O3/c1-12(2,3)10-7-9(13)5-6-11(10)15-8-14-4/h5-7,13H,8H2,1-4H3. The molecule has 3 heteroatoms. The molecule has 15 heavy (non-hydrogen) atoms. The molecule has 0 saturated carbocycles. The van der Waals surface area contributed by atoms with E-state index >= 15 is 0 Å². The second-order valence-corrected chi connectivity index (χ2v) is 4.48. The summed E-state index contributed by atoms with van der Waals surface area (Å²) in [5.41, 5.74) is 0.904. The second-order valence-electron chi connectivity index (χ2n) is 4.48. The number of phenols is 1. The number of hydrogen-bond donors (Lipinski definition) is 1. The third-order valence-electron chi connectivity index (χ3n) is 2.10. The van der Waals surface area contributed by atoms with Crippen LogP contribution in [0.1, 0.15) is 26.3 Å². The van der Waals surface area contributed by atoms with Gasteiger partial charge in [0, 0.05) is 12.7 Å². The van der Waals surface area contributed by atoms with Gasteiger partial charge < -0.3 is 14.6 Å². The van der Waals surface area contributed by atoms with Crippen LogP contribution in [0.2, 0.25) is 0 Å². The maximum atomic E-state index is 9.44. The summed E-state index contributed by atoms with van der Waals surface area (Å²) in [7, 11) is 1.58. The lowest BCUT2D eigenvalue weighted by molar-refractivity contribution is 0.0497. The van der Waals surface area contributed by atoms with Crippen LogP contribution in [0.3, 0.4) is 0 Å². The van der Waals surface area contributed by atoms with E-state index in [1.165, 1.54) is 0 Å². The van der Waals surface area contributed by atoms with Gasteiger partial charge in [-0.1, -0.05) is 20.8 Å². The summed E-state index contributed by atoms with van der Waals surface area (Å²) in [6.07, 6.45) is 0. The van der Waals surface area contributed by atoms with Gasteiger partial charge in [0.25, 0.3) is 0 Å². The van der Waals surface area contributed by atoms with E-state index in [9.17, 15) is 5.11 Å². The molecule has 0 heterocycles. The van der Waals surface area contributed by atoms with Crippen LogP contribution in [0.4, 0.5) is 0 Å². The molecule has 0 radical (unpaired) electrons. The Bertz CT molecular complexity index is 326. The SMILES string of the molecule is COCOc1ccc(O)cc1C(C)(C)C.